The van der Waals surface area contributed by atoms with E-state index in [2.05, 4.69) is 36.3 Å². The lowest BCUT2D eigenvalue weighted by molar-refractivity contribution is -0.0435. The number of aromatic nitrogens is 1. The molecule has 0 bridgehead atoms. The van der Waals surface area contributed by atoms with E-state index >= 15 is 0 Å². The second-order valence-electron chi connectivity index (χ2n) is 10.6. The summed E-state index contributed by atoms with van der Waals surface area (Å²) in [6.07, 6.45) is 16.1. The molecule has 3 fully saturated rings. The molecule has 5 rings (SSSR count). The van der Waals surface area contributed by atoms with Crippen LogP contribution in [0.5, 0.6) is 0 Å². The molecule has 0 aromatic carbocycles. The van der Waals surface area contributed by atoms with Crippen molar-refractivity contribution in [2.45, 2.75) is 83.9 Å². The Labute approximate surface area is 170 Å². The number of allylic oxidation sites excluding steroid dienone is 1. The van der Waals surface area contributed by atoms with Crippen LogP contribution in [-0.2, 0) is 6.54 Å². The molecule has 0 amide bonds. The molecule has 7 atom stereocenters. The molecule has 0 radical (unpaired) electrons. The van der Waals surface area contributed by atoms with Crippen molar-refractivity contribution >= 4 is 0 Å². The van der Waals surface area contributed by atoms with Crippen LogP contribution in [0, 0.1) is 28.6 Å². The minimum atomic E-state index is -0.0998. The zero-order chi connectivity index (χ0) is 19.4. The molecule has 1 heterocycles. The summed E-state index contributed by atoms with van der Waals surface area (Å²) >= 11 is 0. The summed E-state index contributed by atoms with van der Waals surface area (Å²) in [5.41, 5.74) is 3.66. The maximum Gasteiger partial charge on any atom is 0.0577 e. The summed E-state index contributed by atoms with van der Waals surface area (Å²) in [6, 6.07) is 4.84. The van der Waals surface area contributed by atoms with E-state index < -0.39 is 0 Å². The Bertz CT molecular complexity index is 746. The first-order chi connectivity index (χ1) is 13.5. The molecule has 28 heavy (non-hydrogen) atoms. The van der Waals surface area contributed by atoms with Crippen molar-refractivity contribution in [3.05, 3.63) is 41.7 Å². The lowest BCUT2D eigenvalue weighted by Crippen LogP contribution is -2.53. The zero-order valence-corrected chi connectivity index (χ0v) is 17.5. The van der Waals surface area contributed by atoms with Gasteiger partial charge in [0.05, 0.1) is 6.10 Å². The lowest BCUT2D eigenvalue weighted by Gasteiger charge is -2.58. The minimum Gasteiger partial charge on any atom is -0.393 e. The van der Waals surface area contributed by atoms with Crippen molar-refractivity contribution in [1.29, 1.82) is 0 Å². The average Bonchev–Trinajstić information content (AvgIpc) is 3.04. The number of nitrogens with zero attached hydrogens (tertiary/aromatic N) is 1. The van der Waals surface area contributed by atoms with Crippen LogP contribution >= 0.6 is 0 Å². The summed E-state index contributed by atoms with van der Waals surface area (Å²) < 4.78 is 0. The smallest absolute Gasteiger partial charge is 0.0577 e. The first kappa shape index (κ1) is 18.8. The number of hydrogen-bond donors (Lipinski definition) is 2. The van der Waals surface area contributed by atoms with Crippen molar-refractivity contribution in [2.24, 2.45) is 28.6 Å². The number of aliphatic hydroxyl groups is 1. The molecule has 2 N–H and O–H groups in total. The fraction of sp³-hybridized carbons (Fsp3) is 0.720. The van der Waals surface area contributed by atoms with Crippen LogP contribution in [0.1, 0.15) is 70.8 Å². The first-order valence-electron chi connectivity index (χ1n) is 11.5. The number of fused-ring (bicyclic) bond motifs is 5. The largest absolute Gasteiger partial charge is 0.393 e. The molecule has 0 unspecified atom stereocenters. The Morgan fingerprint density at radius 1 is 1.14 bits per heavy atom. The van der Waals surface area contributed by atoms with E-state index in [0.29, 0.717) is 16.9 Å². The van der Waals surface area contributed by atoms with Crippen LogP contribution in [0.25, 0.3) is 0 Å². The highest BCUT2D eigenvalue weighted by Gasteiger charge is 2.58. The van der Waals surface area contributed by atoms with Crippen molar-refractivity contribution in [3.8, 4) is 0 Å². The lowest BCUT2D eigenvalue weighted by atomic mass is 9.48. The third-order valence-corrected chi connectivity index (χ3v) is 9.35. The van der Waals surface area contributed by atoms with E-state index in [1.54, 1.807) is 5.57 Å². The summed E-state index contributed by atoms with van der Waals surface area (Å²) in [5, 5.41) is 14.1. The van der Waals surface area contributed by atoms with Gasteiger partial charge >= 0.3 is 0 Å². The third-order valence-electron chi connectivity index (χ3n) is 9.35. The van der Waals surface area contributed by atoms with E-state index in [0.717, 1.165) is 37.1 Å². The molecule has 4 aliphatic rings. The Morgan fingerprint density at radius 3 is 2.86 bits per heavy atom. The van der Waals surface area contributed by atoms with Gasteiger partial charge in [-0.15, -0.1) is 0 Å². The maximum atomic E-state index is 10.2. The monoisotopic (exact) mass is 380 g/mol. The summed E-state index contributed by atoms with van der Waals surface area (Å²) in [7, 11) is 0. The van der Waals surface area contributed by atoms with Crippen LogP contribution in [-0.4, -0.2) is 22.2 Å². The first-order valence-corrected chi connectivity index (χ1v) is 11.5. The maximum absolute atomic E-state index is 10.2. The highest BCUT2D eigenvalue weighted by atomic mass is 16.3. The Morgan fingerprint density at radius 2 is 2.04 bits per heavy atom. The van der Waals surface area contributed by atoms with Crippen molar-refractivity contribution in [2.75, 3.05) is 0 Å². The van der Waals surface area contributed by atoms with Crippen molar-refractivity contribution in [3.63, 3.8) is 0 Å². The number of pyridine rings is 1. The second kappa shape index (κ2) is 6.95. The molecule has 0 saturated heterocycles. The molecule has 1 aromatic heterocycles. The molecular formula is C25H36N2O. The van der Waals surface area contributed by atoms with Gasteiger partial charge in [-0.2, -0.15) is 0 Å². The van der Waals surface area contributed by atoms with E-state index in [1.165, 1.54) is 44.1 Å². The highest BCUT2D eigenvalue weighted by molar-refractivity contribution is 5.25. The SMILES string of the molecule is C[C@]12CC[C@H]3[C@@H](CC=C4C[C@@H](O)CC[C@@]43C)[C@@H]1CC[C@@H]2NCc1cccnc1. The van der Waals surface area contributed by atoms with Gasteiger partial charge in [0.1, 0.15) is 0 Å². The fourth-order valence-electron chi connectivity index (χ4n) is 7.72. The van der Waals surface area contributed by atoms with E-state index in [9.17, 15) is 5.11 Å². The van der Waals surface area contributed by atoms with Gasteiger partial charge in [0, 0.05) is 25.0 Å². The van der Waals surface area contributed by atoms with Crippen molar-refractivity contribution in [1.82, 2.24) is 10.3 Å². The molecule has 0 spiro atoms. The fourth-order valence-corrected chi connectivity index (χ4v) is 7.72. The van der Waals surface area contributed by atoms with Gasteiger partial charge in [-0.25, -0.2) is 0 Å². The second-order valence-corrected chi connectivity index (χ2v) is 10.6. The zero-order valence-electron chi connectivity index (χ0n) is 17.5. The van der Waals surface area contributed by atoms with Gasteiger partial charge in [-0.3, -0.25) is 4.98 Å². The van der Waals surface area contributed by atoms with E-state index in [4.69, 9.17) is 0 Å². The van der Waals surface area contributed by atoms with Gasteiger partial charge in [-0.1, -0.05) is 31.6 Å². The average molecular weight is 381 g/mol. The standard InChI is InChI=1S/C25H36N2O/c1-24-11-9-19(28)14-18(24)5-6-20-21-7-8-23(25(21,2)12-10-22(20)24)27-16-17-4-3-13-26-15-17/h3-5,13,15,19-23,27-28H,6-12,14,16H2,1-2H3/t19-,20-,21-,22-,23-,24-,25-/m0/s1. The number of aliphatic hydroxyl groups excluding tert-OH is 1. The topological polar surface area (TPSA) is 45.1 Å². The Balaban J connectivity index is 1.34. The third kappa shape index (κ3) is 2.89. The molecule has 4 aliphatic carbocycles. The minimum absolute atomic E-state index is 0.0998. The van der Waals surface area contributed by atoms with Gasteiger partial charge in [0.25, 0.3) is 0 Å². The summed E-state index contributed by atoms with van der Waals surface area (Å²) in [4.78, 5) is 4.27. The van der Waals surface area contributed by atoms with Crippen LogP contribution < -0.4 is 5.32 Å². The van der Waals surface area contributed by atoms with E-state index in [-0.39, 0.29) is 6.10 Å². The highest BCUT2D eigenvalue weighted by Crippen LogP contribution is 2.64. The Hall–Kier alpha value is -1.19. The van der Waals surface area contributed by atoms with Crippen LogP contribution in [0.2, 0.25) is 0 Å². The molecule has 152 valence electrons. The molecule has 3 saturated carbocycles. The van der Waals surface area contributed by atoms with Crippen LogP contribution in [0.15, 0.2) is 36.2 Å². The number of hydrogen-bond acceptors (Lipinski definition) is 3. The molecule has 0 aliphatic heterocycles. The molecule has 3 heteroatoms. The quantitative estimate of drug-likeness (QED) is 0.736. The molecule has 1 aromatic rings. The van der Waals surface area contributed by atoms with Crippen molar-refractivity contribution < 1.29 is 5.11 Å². The molecule has 3 nitrogen and oxygen atoms in total. The van der Waals surface area contributed by atoms with Gasteiger partial charge in [-0.05, 0) is 91.6 Å². The number of nitrogens with one attached hydrogen (secondary N) is 1. The normalized spacial score (nSPS) is 45.0. The van der Waals surface area contributed by atoms with Gasteiger partial charge < -0.3 is 10.4 Å². The summed E-state index contributed by atoms with van der Waals surface area (Å²) in [5.74, 6) is 2.52. The number of rotatable bonds is 3. The summed E-state index contributed by atoms with van der Waals surface area (Å²) in [6.45, 7) is 6.04. The van der Waals surface area contributed by atoms with E-state index in [1.807, 2.05) is 18.5 Å². The predicted octanol–water partition coefficient (Wildman–Crippen LogP) is 4.86. The van der Waals surface area contributed by atoms with Gasteiger partial charge in [0.15, 0.2) is 0 Å². The molecular weight excluding hydrogens is 344 g/mol. The Kier molecular flexibility index (Phi) is 4.67. The predicted molar refractivity (Wildman–Crippen MR) is 113 cm³/mol. The van der Waals surface area contributed by atoms with Crippen LogP contribution in [0.4, 0.5) is 0 Å². The van der Waals surface area contributed by atoms with Crippen LogP contribution in [0.3, 0.4) is 0 Å². The van der Waals surface area contributed by atoms with Gasteiger partial charge in [0.2, 0.25) is 0 Å².